The van der Waals surface area contributed by atoms with Gasteiger partial charge in [-0.1, -0.05) is 0 Å². The maximum atomic E-state index is 10.8. The van der Waals surface area contributed by atoms with Crippen LogP contribution in [-0.2, 0) is 4.79 Å². The van der Waals surface area contributed by atoms with E-state index in [4.69, 9.17) is 5.73 Å². The molecule has 0 aromatic rings. The summed E-state index contributed by atoms with van der Waals surface area (Å²) in [7, 11) is 0. The number of nitrogens with two attached hydrogens (primary N) is 1. The Morgan fingerprint density at radius 3 is 3.00 bits per heavy atom. The van der Waals surface area contributed by atoms with Gasteiger partial charge in [-0.05, 0) is 0 Å². The Morgan fingerprint density at radius 2 is 2.42 bits per heavy atom. The van der Waals surface area contributed by atoms with Crippen LogP contribution in [0.2, 0.25) is 0 Å². The van der Waals surface area contributed by atoms with Gasteiger partial charge in [0.1, 0.15) is 0 Å². The topological polar surface area (TPSA) is 55.1 Å². The monoisotopic (exact) mass is 206 g/mol. The molecular weight excluding hydrogens is 192 g/mol. The van der Waals surface area contributed by atoms with Gasteiger partial charge in [0, 0.05) is 29.1 Å². The minimum Gasteiger partial charge on any atom is -0.354 e. The molecule has 3 N–H and O–H groups in total. The highest BCUT2D eigenvalue weighted by Gasteiger charge is 2.14. The van der Waals surface area contributed by atoms with Crippen molar-refractivity contribution in [3.05, 3.63) is 0 Å². The Balaban J connectivity index is 2.09. The third kappa shape index (κ3) is 3.69. The van der Waals surface area contributed by atoms with Crippen LogP contribution in [0.3, 0.4) is 0 Å². The van der Waals surface area contributed by atoms with E-state index in [0.29, 0.717) is 5.25 Å². The van der Waals surface area contributed by atoms with E-state index in [1.165, 1.54) is 11.5 Å². The van der Waals surface area contributed by atoms with Crippen LogP contribution in [-0.4, -0.2) is 41.5 Å². The third-order valence-corrected chi connectivity index (χ3v) is 4.44. The number of hydrogen-bond donors (Lipinski definition) is 2. The van der Waals surface area contributed by atoms with Crippen LogP contribution in [0.25, 0.3) is 0 Å². The zero-order chi connectivity index (χ0) is 8.81. The van der Waals surface area contributed by atoms with Gasteiger partial charge < -0.3 is 11.1 Å². The molecule has 1 heterocycles. The van der Waals surface area contributed by atoms with Crippen molar-refractivity contribution in [3.8, 4) is 0 Å². The van der Waals surface area contributed by atoms with Crippen molar-refractivity contribution in [1.82, 2.24) is 5.32 Å². The summed E-state index contributed by atoms with van der Waals surface area (Å²) in [5, 5.41) is 3.39. The van der Waals surface area contributed by atoms with Crippen LogP contribution in [0.15, 0.2) is 0 Å². The first-order chi connectivity index (χ1) is 5.83. The zero-order valence-corrected chi connectivity index (χ0v) is 8.55. The summed E-state index contributed by atoms with van der Waals surface area (Å²) >= 11 is 3.90. The quantitative estimate of drug-likeness (QED) is 0.677. The number of nitrogens with one attached hydrogen (secondary N) is 1. The van der Waals surface area contributed by atoms with Gasteiger partial charge in [-0.25, -0.2) is 0 Å². The molecule has 1 rings (SSSR count). The van der Waals surface area contributed by atoms with Crippen LogP contribution >= 0.6 is 23.5 Å². The lowest BCUT2D eigenvalue weighted by Crippen LogP contribution is -2.36. The maximum Gasteiger partial charge on any atom is 0.233 e. The van der Waals surface area contributed by atoms with Crippen molar-refractivity contribution < 1.29 is 4.79 Å². The first-order valence-electron chi connectivity index (χ1n) is 3.99. The minimum absolute atomic E-state index is 0.0498. The van der Waals surface area contributed by atoms with Gasteiger partial charge in [0.2, 0.25) is 5.91 Å². The molecule has 0 aromatic carbocycles. The Kier molecular flexibility index (Phi) is 4.87. The average molecular weight is 206 g/mol. The summed E-state index contributed by atoms with van der Waals surface area (Å²) in [5.41, 5.74) is 5.16. The van der Waals surface area contributed by atoms with E-state index < -0.39 is 0 Å². The van der Waals surface area contributed by atoms with E-state index in [1.54, 1.807) is 0 Å². The first-order valence-corrected chi connectivity index (χ1v) is 6.19. The Bertz CT molecular complexity index is 148. The molecule has 1 aliphatic rings. The first kappa shape index (κ1) is 10.2. The SMILES string of the molecule is NCC(=O)NCC1CSCCS1. The van der Waals surface area contributed by atoms with Gasteiger partial charge in [-0.3, -0.25) is 4.79 Å². The lowest BCUT2D eigenvalue weighted by atomic mass is 10.4. The van der Waals surface area contributed by atoms with Gasteiger partial charge in [-0.15, -0.1) is 0 Å². The van der Waals surface area contributed by atoms with Gasteiger partial charge in [0.15, 0.2) is 0 Å². The molecule has 12 heavy (non-hydrogen) atoms. The van der Waals surface area contributed by atoms with Crippen LogP contribution in [0.1, 0.15) is 0 Å². The highest BCUT2D eigenvalue weighted by atomic mass is 32.2. The maximum absolute atomic E-state index is 10.8. The average Bonchev–Trinajstić information content (AvgIpc) is 2.16. The number of hydrogen-bond acceptors (Lipinski definition) is 4. The molecule has 0 bridgehead atoms. The predicted molar refractivity (Wildman–Crippen MR) is 55.6 cm³/mol. The summed E-state index contributed by atoms with van der Waals surface area (Å²) < 4.78 is 0. The number of carbonyl (C=O) groups excluding carboxylic acids is 1. The van der Waals surface area contributed by atoms with Crippen molar-refractivity contribution in [2.75, 3.05) is 30.3 Å². The molecule has 0 aromatic heterocycles. The number of amides is 1. The zero-order valence-electron chi connectivity index (χ0n) is 6.91. The summed E-state index contributed by atoms with van der Waals surface area (Å²) in [6, 6.07) is 0. The fourth-order valence-electron chi connectivity index (χ4n) is 0.954. The molecule has 1 amide bonds. The molecule has 0 radical (unpaired) electrons. The fourth-order valence-corrected chi connectivity index (χ4v) is 3.57. The fraction of sp³-hybridized carbons (Fsp3) is 0.857. The van der Waals surface area contributed by atoms with Crippen molar-refractivity contribution in [3.63, 3.8) is 0 Å². The molecule has 5 heteroatoms. The van der Waals surface area contributed by atoms with Crippen molar-refractivity contribution in [2.24, 2.45) is 5.73 Å². The van der Waals surface area contributed by atoms with Gasteiger partial charge in [0.05, 0.1) is 6.54 Å². The molecular formula is C7H14N2OS2. The van der Waals surface area contributed by atoms with Crippen LogP contribution in [0, 0.1) is 0 Å². The summed E-state index contributed by atoms with van der Waals surface area (Å²) in [6.07, 6.45) is 0. The normalized spacial score (nSPS) is 23.6. The largest absolute Gasteiger partial charge is 0.354 e. The van der Waals surface area contributed by atoms with E-state index in [-0.39, 0.29) is 12.5 Å². The number of rotatable bonds is 3. The Morgan fingerprint density at radius 1 is 1.58 bits per heavy atom. The van der Waals surface area contributed by atoms with Crippen molar-refractivity contribution in [2.45, 2.75) is 5.25 Å². The lowest BCUT2D eigenvalue weighted by Gasteiger charge is -2.20. The molecule has 1 atom stereocenters. The van der Waals surface area contributed by atoms with E-state index in [1.807, 2.05) is 23.5 Å². The van der Waals surface area contributed by atoms with Gasteiger partial charge in [0.25, 0.3) is 0 Å². The van der Waals surface area contributed by atoms with E-state index >= 15 is 0 Å². The van der Waals surface area contributed by atoms with Crippen LogP contribution < -0.4 is 11.1 Å². The standard InChI is InChI=1S/C7H14N2OS2/c8-3-7(10)9-4-6-5-11-1-2-12-6/h6H,1-5,8H2,(H,9,10). The van der Waals surface area contributed by atoms with E-state index in [0.717, 1.165) is 12.3 Å². The Labute approximate surface area is 81.2 Å². The molecule has 0 spiro atoms. The van der Waals surface area contributed by atoms with Gasteiger partial charge >= 0.3 is 0 Å². The third-order valence-electron chi connectivity index (χ3n) is 1.60. The molecule has 1 unspecified atom stereocenters. The molecule has 1 saturated heterocycles. The second kappa shape index (κ2) is 5.72. The number of thioether (sulfide) groups is 2. The second-order valence-electron chi connectivity index (χ2n) is 2.58. The molecule has 0 aliphatic carbocycles. The second-order valence-corrected chi connectivity index (χ2v) is 5.13. The molecule has 0 saturated carbocycles. The van der Waals surface area contributed by atoms with Crippen molar-refractivity contribution in [1.29, 1.82) is 0 Å². The smallest absolute Gasteiger partial charge is 0.233 e. The summed E-state index contributed by atoms with van der Waals surface area (Å²) in [5.74, 6) is 3.54. The molecule has 3 nitrogen and oxygen atoms in total. The predicted octanol–water partition coefficient (Wildman–Crippen LogP) is -0.0901. The minimum atomic E-state index is -0.0498. The van der Waals surface area contributed by atoms with Crippen LogP contribution in [0.5, 0.6) is 0 Å². The summed E-state index contributed by atoms with van der Waals surface area (Å²) in [6.45, 7) is 0.873. The molecule has 70 valence electrons. The molecule has 1 aliphatic heterocycles. The van der Waals surface area contributed by atoms with E-state index in [2.05, 4.69) is 5.32 Å². The highest BCUT2D eigenvalue weighted by molar-refractivity contribution is 8.06. The van der Waals surface area contributed by atoms with Crippen LogP contribution in [0.4, 0.5) is 0 Å². The lowest BCUT2D eigenvalue weighted by molar-refractivity contribution is -0.119. The van der Waals surface area contributed by atoms with Crippen molar-refractivity contribution >= 4 is 29.4 Å². The highest BCUT2D eigenvalue weighted by Crippen LogP contribution is 2.23. The van der Waals surface area contributed by atoms with Gasteiger partial charge in [-0.2, -0.15) is 23.5 Å². The number of carbonyl (C=O) groups is 1. The Hall–Kier alpha value is 0.130. The van der Waals surface area contributed by atoms with E-state index in [9.17, 15) is 4.79 Å². The summed E-state index contributed by atoms with van der Waals surface area (Å²) in [4.78, 5) is 10.8. The molecule has 1 fully saturated rings.